The topological polar surface area (TPSA) is 90.9 Å². The van der Waals surface area contributed by atoms with Crippen LogP contribution in [0.5, 0.6) is 11.5 Å². The number of halogens is 1. The van der Waals surface area contributed by atoms with Gasteiger partial charge < -0.3 is 19.2 Å². The van der Waals surface area contributed by atoms with E-state index in [1.165, 1.54) is 26.0 Å². The van der Waals surface area contributed by atoms with Crippen LogP contribution in [0.1, 0.15) is 5.82 Å². The number of methoxy groups -OCH3 is 2. The van der Waals surface area contributed by atoms with Crippen LogP contribution in [0.4, 0.5) is 5.69 Å². The first-order valence-electron chi connectivity index (χ1n) is 8.58. The summed E-state index contributed by atoms with van der Waals surface area (Å²) >= 11 is 7.44. The van der Waals surface area contributed by atoms with Crippen molar-refractivity contribution in [1.82, 2.24) is 14.6 Å². The number of ether oxygens (including phenoxy) is 2. The number of anilines is 1. The van der Waals surface area contributed by atoms with E-state index in [-0.39, 0.29) is 11.7 Å². The molecule has 1 N–H and O–H groups in total. The summed E-state index contributed by atoms with van der Waals surface area (Å²) in [5.74, 6) is 1.56. The maximum absolute atomic E-state index is 12.5. The van der Waals surface area contributed by atoms with Crippen molar-refractivity contribution in [3.05, 3.63) is 41.4 Å². The highest BCUT2D eigenvalue weighted by atomic mass is 35.5. The number of amides is 1. The Labute approximate surface area is 175 Å². The SMILES string of the molecule is COc1cc(OC)c(NC(=O)CSc2nnc(C)n3c2cc2occc23)cc1Cl. The molecular formula is C19H17ClN4O4S. The number of hydrogen-bond acceptors (Lipinski definition) is 7. The standard InChI is InChI=1S/C19H17ClN4O4S/c1-10-22-23-19(14-7-17-13(24(10)14)4-5-28-17)29-9-18(25)21-12-6-11(20)15(26-2)8-16(12)27-3/h4-8H,9H2,1-3H3,(H,21,25). The van der Waals surface area contributed by atoms with Crippen molar-refractivity contribution in [2.45, 2.75) is 11.9 Å². The molecule has 1 aromatic carbocycles. The zero-order chi connectivity index (χ0) is 20.5. The Bertz CT molecular complexity index is 1220. The van der Waals surface area contributed by atoms with Crippen LogP contribution in [0.15, 0.2) is 40.0 Å². The predicted molar refractivity (Wildman–Crippen MR) is 111 cm³/mol. The number of aryl methyl sites for hydroxylation is 1. The Morgan fingerprint density at radius 1 is 1.21 bits per heavy atom. The number of carbonyl (C=O) groups excluding carboxylic acids is 1. The molecule has 0 bridgehead atoms. The van der Waals surface area contributed by atoms with Gasteiger partial charge in [-0.15, -0.1) is 10.2 Å². The highest BCUT2D eigenvalue weighted by molar-refractivity contribution is 8.00. The summed E-state index contributed by atoms with van der Waals surface area (Å²) in [6.45, 7) is 1.87. The van der Waals surface area contributed by atoms with Gasteiger partial charge in [0, 0.05) is 18.2 Å². The average Bonchev–Trinajstić information content (AvgIpc) is 3.29. The van der Waals surface area contributed by atoms with E-state index in [1.54, 1.807) is 18.4 Å². The molecule has 3 heterocycles. The first kappa shape index (κ1) is 19.4. The first-order chi connectivity index (χ1) is 14.0. The Morgan fingerprint density at radius 2 is 2.00 bits per heavy atom. The lowest BCUT2D eigenvalue weighted by Gasteiger charge is -2.13. The van der Waals surface area contributed by atoms with Gasteiger partial charge in [0.05, 0.1) is 48.0 Å². The van der Waals surface area contributed by atoms with E-state index in [1.807, 2.05) is 23.5 Å². The van der Waals surface area contributed by atoms with Gasteiger partial charge in [-0.05, 0) is 13.0 Å². The second-order valence-corrected chi connectivity index (χ2v) is 7.48. The first-order valence-corrected chi connectivity index (χ1v) is 9.94. The number of nitrogens with one attached hydrogen (secondary N) is 1. The molecule has 0 aliphatic carbocycles. The molecule has 0 aliphatic rings. The smallest absolute Gasteiger partial charge is 0.234 e. The highest BCUT2D eigenvalue weighted by Gasteiger charge is 2.16. The van der Waals surface area contributed by atoms with Gasteiger partial charge in [-0.1, -0.05) is 23.4 Å². The largest absolute Gasteiger partial charge is 0.495 e. The number of rotatable bonds is 6. The van der Waals surface area contributed by atoms with Crippen LogP contribution in [0.3, 0.4) is 0 Å². The molecule has 1 amide bonds. The number of furan rings is 1. The van der Waals surface area contributed by atoms with Gasteiger partial charge in [0.15, 0.2) is 5.58 Å². The Morgan fingerprint density at radius 3 is 2.76 bits per heavy atom. The van der Waals surface area contributed by atoms with Crippen LogP contribution in [0, 0.1) is 6.92 Å². The molecule has 3 aromatic heterocycles. The van der Waals surface area contributed by atoms with Crippen molar-refractivity contribution in [3.63, 3.8) is 0 Å². The van der Waals surface area contributed by atoms with Crippen molar-refractivity contribution in [3.8, 4) is 11.5 Å². The molecule has 4 rings (SSSR count). The number of nitrogens with zero attached hydrogens (tertiary/aromatic N) is 3. The van der Waals surface area contributed by atoms with Crippen molar-refractivity contribution < 1.29 is 18.7 Å². The lowest BCUT2D eigenvalue weighted by atomic mass is 10.2. The van der Waals surface area contributed by atoms with Gasteiger partial charge >= 0.3 is 0 Å². The van der Waals surface area contributed by atoms with E-state index in [2.05, 4.69) is 15.5 Å². The summed E-state index contributed by atoms with van der Waals surface area (Å²) in [5.41, 5.74) is 2.96. The zero-order valence-electron chi connectivity index (χ0n) is 15.9. The molecule has 0 aliphatic heterocycles. The van der Waals surface area contributed by atoms with Crippen LogP contribution in [0.2, 0.25) is 5.02 Å². The van der Waals surface area contributed by atoms with Gasteiger partial charge in [0.1, 0.15) is 22.3 Å². The van der Waals surface area contributed by atoms with Crippen molar-refractivity contribution >= 4 is 51.6 Å². The third-order valence-electron chi connectivity index (χ3n) is 4.34. The maximum atomic E-state index is 12.5. The van der Waals surface area contributed by atoms with Crippen LogP contribution < -0.4 is 14.8 Å². The number of benzene rings is 1. The second-order valence-electron chi connectivity index (χ2n) is 6.11. The minimum atomic E-state index is -0.231. The molecule has 8 nitrogen and oxygen atoms in total. The molecule has 150 valence electrons. The third-order valence-corrected chi connectivity index (χ3v) is 5.61. The molecule has 29 heavy (non-hydrogen) atoms. The lowest BCUT2D eigenvalue weighted by Crippen LogP contribution is -2.15. The lowest BCUT2D eigenvalue weighted by molar-refractivity contribution is -0.113. The van der Waals surface area contributed by atoms with Crippen molar-refractivity contribution in [1.29, 1.82) is 0 Å². The Balaban J connectivity index is 1.53. The molecule has 10 heteroatoms. The minimum Gasteiger partial charge on any atom is -0.495 e. The fourth-order valence-electron chi connectivity index (χ4n) is 3.03. The van der Waals surface area contributed by atoms with E-state index in [4.69, 9.17) is 25.5 Å². The number of hydrogen-bond donors (Lipinski definition) is 1. The molecule has 0 atom stereocenters. The van der Waals surface area contributed by atoms with E-state index in [0.717, 1.165) is 22.4 Å². The minimum absolute atomic E-state index is 0.132. The van der Waals surface area contributed by atoms with E-state index in [0.29, 0.717) is 27.2 Å². The molecule has 0 saturated heterocycles. The summed E-state index contributed by atoms with van der Waals surface area (Å²) in [4.78, 5) is 12.5. The fourth-order valence-corrected chi connectivity index (χ4v) is 4.00. The van der Waals surface area contributed by atoms with Gasteiger partial charge in [-0.25, -0.2) is 0 Å². The molecule has 0 unspecified atom stereocenters. The van der Waals surface area contributed by atoms with E-state index < -0.39 is 0 Å². The average molecular weight is 433 g/mol. The Hall–Kier alpha value is -2.91. The van der Waals surface area contributed by atoms with Gasteiger partial charge in [0.25, 0.3) is 0 Å². The molecule has 0 spiro atoms. The fraction of sp³-hybridized carbons (Fsp3) is 0.211. The molecule has 0 radical (unpaired) electrons. The highest BCUT2D eigenvalue weighted by Crippen LogP contribution is 2.36. The zero-order valence-corrected chi connectivity index (χ0v) is 17.4. The summed E-state index contributed by atoms with van der Waals surface area (Å²) in [7, 11) is 3.02. The molecular weight excluding hydrogens is 416 g/mol. The number of thioether (sulfide) groups is 1. The van der Waals surface area contributed by atoms with Gasteiger partial charge in [-0.2, -0.15) is 0 Å². The van der Waals surface area contributed by atoms with Crippen LogP contribution in [-0.2, 0) is 4.79 Å². The maximum Gasteiger partial charge on any atom is 0.234 e. The third kappa shape index (κ3) is 3.58. The summed E-state index contributed by atoms with van der Waals surface area (Å²) in [6, 6.07) is 6.98. The van der Waals surface area contributed by atoms with Crippen LogP contribution >= 0.6 is 23.4 Å². The summed E-state index contributed by atoms with van der Waals surface area (Å²) in [6.07, 6.45) is 1.63. The number of aromatic nitrogens is 3. The molecule has 4 aromatic rings. The van der Waals surface area contributed by atoms with Crippen LogP contribution in [0.25, 0.3) is 16.6 Å². The van der Waals surface area contributed by atoms with Crippen LogP contribution in [-0.4, -0.2) is 40.5 Å². The van der Waals surface area contributed by atoms with Gasteiger partial charge in [0.2, 0.25) is 5.91 Å². The predicted octanol–water partition coefficient (Wildman–Crippen LogP) is 4.19. The monoisotopic (exact) mass is 432 g/mol. The summed E-state index contributed by atoms with van der Waals surface area (Å²) < 4.78 is 17.9. The number of fused-ring (bicyclic) bond motifs is 3. The quantitative estimate of drug-likeness (QED) is 0.457. The van der Waals surface area contributed by atoms with Crippen molar-refractivity contribution in [2.75, 3.05) is 25.3 Å². The second kappa shape index (κ2) is 7.84. The van der Waals surface area contributed by atoms with E-state index >= 15 is 0 Å². The molecule has 0 fully saturated rings. The number of carbonyl (C=O) groups is 1. The van der Waals surface area contributed by atoms with E-state index in [9.17, 15) is 4.79 Å². The normalized spacial score (nSPS) is 11.2. The molecule has 0 saturated carbocycles. The van der Waals surface area contributed by atoms with Gasteiger partial charge in [-0.3, -0.25) is 9.20 Å². The van der Waals surface area contributed by atoms with Crippen molar-refractivity contribution in [2.24, 2.45) is 0 Å². The Kier molecular flexibility index (Phi) is 5.25. The summed E-state index contributed by atoms with van der Waals surface area (Å²) in [5, 5.41) is 12.3.